The third kappa shape index (κ3) is 1.61. The van der Waals surface area contributed by atoms with E-state index in [4.69, 9.17) is 4.98 Å². The average molecular weight is 236 g/mol. The Morgan fingerprint density at radius 3 is 2.69 bits per heavy atom. The molecule has 16 heavy (non-hydrogen) atoms. The lowest BCUT2D eigenvalue weighted by molar-refractivity contribution is 0.189. The summed E-state index contributed by atoms with van der Waals surface area (Å²) in [6.07, 6.45) is 9.12. The lowest BCUT2D eigenvalue weighted by atomic mass is 9.77. The highest BCUT2D eigenvalue weighted by Gasteiger charge is 2.41. The Hall–Kier alpha value is -0.410. The van der Waals surface area contributed by atoms with E-state index in [0.717, 1.165) is 6.54 Å². The van der Waals surface area contributed by atoms with Gasteiger partial charge in [-0.25, -0.2) is 4.98 Å². The van der Waals surface area contributed by atoms with Crippen LogP contribution in [0.2, 0.25) is 0 Å². The van der Waals surface area contributed by atoms with Gasteiger partial charge in [-0.05, 0) is 51.5 Å². The number of hydrogen-bond donors (Lipinski definition) is 1. The molecule has 0 amide bonds. The Morgan fingerprint density at radius 1 is 1.25 bits per heavy atom. The number of fused-ring (bicyclic) bond motifs is 1. The topological polar surface area (TPSA) is 24.9 Å². The number of hydrogen-bond acceptors (Lipinski definition) is 3. The Labute approximate surface area is 101 Å². The molecule has 1 heterocycles. The molecule has 3 rings (SSSR count). The summed E-state index contributed by atoms with van der Waals surface area (Å²) in [6, 6.07) is 0. The van der Waals surface area contributed by atoms with Gasteiger partial charge >= 0.3 is 0 Å². The molecular weight excluding hydrogens is 216 g/mol. The first-order valence-electron chi connectivity index (χ1n) is 6.58. The molecule has 1 aromatic heterocycles. The van der Waals surface area contributed by atoms with E-state index < -0.39 is 0 Å². The molecule has 88 valence electrons. The van der Waals surface area contributed by atoms with Crippen molar-refractivity contribution in [1.29, 1.82) is 0 Å². The van der Waals surface area contributed by atoms with Crippen LogP contribution in [0.4, 0.5) is 0 Å². The summed E-state index contributed by atoms with van der Waals surface area (Å²) in [5, 5.41) is 5.05. The van der Waals surface area contributed by atoms with Crippen LogP contribution in [0.1, 0.15) is 54.6 Å². The Bertz CT molecular complexity index is 356. The molecular formula is C13H20N2S. The molecule has 1 saturated carbocycles. The van der Waals surface area contributed by atoms with Crippen molar-refractivity contribution in [2.24, 2.45) is 0 Å². The van der Waals surface area contributed by atoms with E-state index in [2.05, 4.69) is 12.2 Å². The fraction of sp³-hybridized carbons (Fsp3) is 0.769. The third-order valence-electron chi connectivity index (χ3n) is 3.98. The van der Waals surface area contributed by atoms with Crippen molar-refractivity contribution in [3.8, 4) is 0 Å². The van der Waals surface area contributed by atoms with E-state index in [1.54, 1.807) is 4.88 Å². The van der Waals surface area contributed by atoms with Crippen LogP contribution in [0, 0.1) is 0 Å². The molecule has 0 aromatic carbocycles. The zero-order valence-electron chi connectivity index (χ0n) is 10.0. The summed E-state index contributed by atoms with van der Waals surface area (Å²) < 4.78 is 0. The number of thiazole rings is 1. The highest BCUT2D eigenvalue weighted by atomic mass is 32.1. The maximum Gasteiger partial charge on any atom is 0.113 e. The summed E-state index contributed by atoms with van der Waals surface area (Å²) in [6.45, 7) is 3.26. The van der Waals surface area contributed by atoms with Gasteiger partial charge in [-0.3, -0.25) is 0 Å². The van der Waals surface area contributed by atoms with Gasteiger partial charge in [0.1, 0.15) is 5.01 Å². The normalized spacial score (nSPS) is 22.6. The van der Waals surface area contributed by atoms with Gasteiger partial charge in [-0.15, -0.1) is 11.3 Å². The second-order valence-corrected chi connectivity index (χ2v) is 6.15. The van der Waals surface area contributed by atoms with Crippen LogP contribution in [0.3, 0.4) is 0 Å². The minimum absolute atomic E-state index is 0.261. The van der Waals surface area contributed by atoms with Gasteiger partial charge in [0.05, 0.1) is 11.2 Å². The fourth-order valence-electron chi connectivity index (χ4n) is 2.89. The molecule has 1 N–H and O–H groups in total. The monoisotopic (exact) mass is 236 g/mol. The second kappa shape index (κ2) is 4.11. The Morgan fingerprint density at radius 2 is 2.06 bits per heavy atom. The fourth-order valence-corrected chi connectivity index (χ4v) is 4.26. The van der Waals surface area contributed by atoms with Crippen LogP contribution >= 0.6 is 11.3 Å². The summed E-state index contributed by atoms with van der Waals surface area (Å²) >= 11 is 1.98. The van der Waals surface area contributed by atoms with Crippen molar-refractivity contribution in [1.82, 2.24) is 10.3 Å². The molecule has 0 unspecified atom stereocenters. The van der Waals surface area contributed by atoms with Crippen LogP contribution in [0.5, 0.6) is 0 Å². The number of aromatic nitrogens is 1. The molecule has 0 bridgehead atoms. The van der Waals surface area contributed by atoms with Crippen molar-refractivity contribution >= 4 is 11.3 Å². The molecule has 3 heteroatoms. The number of nitrogens with zero attached hydrogens (tertiary/aromatic N) is 1. The van der Waals surface area contributed by atoms with Crippen LogP contribution in [-0.2, 0) is 18.4 Å². The maximum atomic E-state index is 4.92. The molecule has 0 saturated heterocycles. The summed E-state index contributed by atoms with van der Waals surface area (Å²) in [5.74, 6) is 0. The van der Waals surface area contributed by atoms with Crippen LogP contribution in [-0.4, -0.2) is 11.5 Å². The number of aryl methyl sites for hydroxylation is 2. The Kier molecular flexibility index (Phi) is 2.76. The number of rotatable bonds is 3. The zero-order chi connectivity index (χ0) is 11.0. The first-order valence-corrected chi connectivity index (χ1v) is 7.40. The van der Waals surface area contributed by atoms with Gasteiger partial charge in [0, 0.05) is 4.88 Å². The third-order valence-corrected chi connectivity index (χ3v) is 5.34. The summed E-state index contributed by atoms with van der Waals surface area (Å²) in [5.41, 5.74) is 1.67. The van der Waals surface area contributed by atoms with Crippen LogP contribution < -0.4 is 5.32 Å². The van der Waals surface area contributed by atoms with Gasteiger partial charge in [0.15, 0.2) is 0 Å². The van der Waals surface area contributed by atoms with E-state index >= 15 is 0 Å². The smallest absolute Gasteiger partial charge is 0.113 e. The van der Waals surface area contributed by atoms with Crippen LogP contribution in [0.25, 0.3) is 0 Å². The van der Waals surface area contributed by atoms with E-state index in [1.165, 1.54) is 55.6 Å². The van der Waals surface area contributed by atoms with E-state index in [0.29, 0.717) is 0 Å². The lowest BCUT2D eigenvalue weighted by Gasteiger charge is -2.40. The SMILES string of the molecule is CCNC1(c2nc3c(s2)CCCC3)CCC1. The summed E-state index contributed by atoms with van der Waals surface area (Å²) in [4.78, 5) is 6.49. The minimum Gasteiger partial charge on any atom is -0.306 e. The second-order valence-electron chi connectivity index (χ2n) is 5.06. The van der Waals surface area contributed by atoms with Gasteiger partial charge < -0.3 is 5.32 Å². The van der Waals surface area contributed by atoms with Crippen molar-refractivity contribution in [2.75, 3.05) is 6.54 Å². The molecule has 0 spiro atoms. The van der Waals surface area contributed by atoms with E-state index in [1.807, 2.05) is 11.3 Å². The lowest BCUT2D eigenvalue weighted by Crippen LogP contribution is -2.47. The first kappa shape index (κ1) is 10.7. The van der Waals surface area contributed by atoms with Gasteiger partial charge in [-0.2, -0.15) is 0 Å². The van der Waals surface area contributed by atoms with Gasteiger partial charge in [0.2, 0.25) is 0 Å². The molecule has 2 aliphatic carbocycles. The largest absolute Gasteiger partial charge is 0.306 e. The molecule has 1 aromatic rings. The van der Waals surface area contributed by atoms with Crippen molar-refractivity contribution in [3.63, 3.8) is 0 Å². The minimum atomic E-state index is 0.261. The maximum absolute atomic E-state index is 4.92. The molecule has 1 fully saturated rings. The van der Waals surface area contributed by atoms with Crippen molar-refractivity contribution in [2.45, 2.75) is 57.4 Å². The highest BCUT2D eigenvalue weighted by Crippen LogP contribution is 2.44. The van der Waals surface area contributed by atoms with Gasteiger partial charge in [-0.1, -0.05) is 6.92 Å². The molecule has 2 aliphatic rings. The zero-order valence-corrected chi connectivity index (χ0v) is 10.8. The average Bonchev–Trinajstić information content (AvgIpc) is 2.66. The molecule has 0 atom stereocenters. The first-order chi connectivity index (χ1) is 7.84. The number of nitrogens with one attached hydrogen (secondary N) is 1. The van der Waals surface area contributed by atoms with Crippen LogP contribution in [0.15, 0.2) is 0 Å². The standard InChI is InChI=1S/C13H20N2S/c1-2-14-13(8-5-9-13)12-15-10-6-3-4-7-11(10)16-12/h14H,2-9H2,1H3. The molecule has 2 nitrogen and oxygen atoms in total. The Balaban J connectivity index is 1.90. The molecule has 0 aliphatic heterocycles. The van der Waals surface area contributed by atoms with Crippen molar-refractivity contribution in [3.05, 3.63) is 15.6 Å². The van der Waals surface area contributed by atoms with Crippen molar-refractivity contribution < 1.29 is 0 Å². The highest BCUT2D eigenvalue weighted by molar-refractivity contribution is 7.11. The summed E-state index contributed by atoms with van der Waals surface area (Å²) in [7, 11) is 0. The van der Waals surface area contributed by atoms with E-state index in [9.17, 15) is 0 Å². The van der Waals surface area contributed by atoms with E-state index in [-0.39, 0.29) is 5.54 Å². The predicted molar refractivity (Wildman–Crippen MR) is 68.0 cm³/mol. The predicted octanol–water partition coefficient (Wildman–Crippen LogP) is 3.01. The van der Waals surface area contributed by atoms with Gasteiger partial charge in [0.25, 0.3) is 0 Å². The quantitative estimate of drug-likeness (QED) is 0.872. The molecule has 0 radical (unpaired) electrons.